The molecule has 2 aliphatic heterocycles. The Kier molecular flexibility index (Phi) is 12.3. The van der Waals surface area contributed by atoms with E-state index in [9.17, 15) is 4.79 Å². The molecule has 7 nitrogen and oxygen atoms in total. The molecule has 2 aliphatic rings. The number of alkyl carbamates (subject to hydrolysis) is 1. The first-order chi connectivity index (χ1) is 19.8. The van der Waals surface area contributed by atoms with Crippen molar-refractivity contribution in [1.82, 2.24) is 21.3 Å². The predicted molar refractivity (Wildman–Crippen MR) is 168 cm³/mol. The Morgan fingerprint density at radius 3 is 2.00 bits per heavy atom. The lowest BCUT2D eigenvalue weighted by Gasteiger charge is -2.41. The summed E-state index contributed by atoms with van der Waals surface area (Å²) in [6.07, 6.45) is 4.49. The fourth-order valence-corrected chi connectivity index (χ4v) is 6.75. The highest BCUT2D eigenvalue weighted by Gasteiger charge is 2.38. The van der Waals surface area contributed by atoms with Crippen molar-refractivity contribution in [1.29, 1.82) is 0 Å². The summed E-state index contributed by atoms with van der Waals surface area (Å²) in [7, 11) is 1.66. The van der Waals surface area contributed by atoms with Crippen LogP contribution in [0.2, 0.25) is 20.1 Å². The van der Waals surface area contributed by atoms with Gasteiger partial charge in [0.1, 0.15) is 0 Å². The van der Waals surface area contributed by atoms with Gasteiger partial charge in [0.15, 0.2) is 0 Å². The van der Waals surface area contributed by atoms with Crippen LogP contribution in [0.15, 0.2) is 36.4 Å². The molecule has 0 aliphatic carbocycles. The fourth-order valence-electron chi connectivity index (χ4n) is 6.15. The number of benzene rings is 2. The van der Waals surface area contributed by atoms with Gasteiger partial charge in [0.2, 0.25) is 0 Å². The van der Waals surface area contributed by atoms with Crippen molar-refractivity contribution in [2.24, 2.45) is 0 Å². The zero-order valence-corrected chi connectivity index (χ0v) is 26.5. The first-order valence-electron chi connectivity index (χ1n) is 14.3. The Hall–Kier alpha value is -1.29. The van der Waals surface area contributed by atoms with E-state index in [-0.39, 0.29) is 23.6 Å². The number of rotatable bonds is 12. The number of methoxy groups -OCH3 is 1. The Balaban J connectivity index is 1.44. The van der Waals surface area contributed by atoms with Crippen molar-refractivity contribution >= 4 is 52.5 Å². The zero-order chi connectivity index (χ0) is 29.3. The van der Waals surface area contributed by atoms with E-state index in [0.29, 0.717) is 46.1 Å². The average Bonchev–Trinajstić information content (AvgIpc) is 2.97. The summed E-state index contributed by atoms with van der Waals surface area (Å²) in [5, 5.41) is 15.7. The summed E-state index contributed by atoms with van der Waals surface area (Å²) in [6, 6.07) is 11.6. The summed E-state index contributed by atoms with van der Waals surface area (Å²) in [6.45, 7) is 4.85. The van der Waals surface area contributed by atoms with Crippen LogP contribution in [0, 0.1) is 0 Å². The van der Waals surface area contributed by atoms with Crippen LogP contribution in [-0.4, -0.2) is 65.3 Å². The van der Waals surface area contributed by atoms with Gasteiger partial charge in [-0.25, -0.2) is 4.79 Å². The van der Waals surface area contributed by atoms with Gasteiger partial charge in [-0.2, -0.15) is 0 Å². The summed E-state index contributed by atoms with van der Waals surface area (Å²) in [5.41, 5.74) is 1.78. The number of ether oxygens (including phenoxy) is 2. The first kappa shape index (κ1) is 32.6. The van der Waals surface area contributed by atoms with Gasteiger partial charge in [-0.15, -0.1) is 0 Å². The van der Waals surface area contributed by atoms with Crippen molar-refractivity contribution < 1.29 is 14.3 Å². The van der Waals surface area contributed by atoms with Crippen molar-refractivity contribution in [3.8, 4) is 0 Å². The molecule has 11 heteroatoms. The maximum atomic E-state index is 13.1. The number of halogens is 4. The lowest BCUT2D eigenvalue weighted by atomic mass is 9.71. The van der Waals surface area contributed by atoms with Crippen LogP contribution in [0.5, 0.6) is 0 Å². The van der Waals surface area contributed by atoms with Crippen LogP contribution in [0.25, 0.3) is 0 Å². The Labute approximate surface area is 263 Å². The number of amides is 1. The van der Waals surface area contributed by atoms with Gasteiger partial charge in [-0.3, -0.25) is 5.32 Å². The molecule has 1 amide bonds. The Morgan fingerprint density at radius 1 is 0.878 bits per heavy atom. The van der Waals surface area contributed by atoms with Crippen LogP contribution in [0.3, 0.4) is 0 Å². The minimum atomic E-state index is -0.457. The standard InChI is InChI=1S/C30H40Cl4N4O3/c1-40-15-13-37-27(18-30(9-3-12-36-20-30)22-5-7-24(32)26(34)17-22)38-28(39)41-14-10-29(8-2-11-35-19-29)21-4-6-23(31)25(33)16-21/h4-7,16-17,27,35-37H,2-3,8-15,18-20H2,1H3,(H,38,39). The lowest BCUT2D eigenvalue weighted by molar-refractivity contribution is 0.118. The normalized spacial score (nSPS) is 23.6. The van der Waals surface area contributed by atoms with E-state index in [1.807, 2.05) is 36.4 Å². The fraction of sp³-hybridized carbons (Fsp3) is 0.567. The smallest absolute Gasteiger partial charge is 0.408 e. The molecular weight excluding hydrogens is 606 g/mol. The Morgan fingerprint density at radius 2 is 1.46 bits per heavy atom. The molecule has 3 unspecified atom stereocenters. The summed E-state index contributed by atoms with van der Waals surface area (Å²) >= 11 is 25.2. The number of carbonyl (C=O) groups is 1. The van der Waals surface area contributed by atoms with E-state index >= 15 is 0 Å². The molecule has 2 fully saturated rings. The number of carbonyl (C=O) groups excluding carboxylic acids is 1. The zero-order valence-electron chi connectivity index (χ0n) is 23.5. The number of nitrogens with one attached hydrogen (secondary N) is 4. The van der Waals surface area contributed by atoms with Gasteiger partial charge in [0, 0.05) is 37.6 Å². The van der Waals surface area contributed by atoms with Gasteiger partial charge >= 0.3 is 6.09 Å². The highest BCUT2D eigenvalue weighted by molar-refractivity contribution is 6.42. The second-order valence-electron chi connectivity index (χ2n) is 11.1. The molecule has 0 spiro atoms. The molecule has 226 valence electrons. The molecular formula is C30H40Cl4N4O3. The maximum absolute atomic E-state index is 13.1. The van der Waals surface area contributed by atoms with Gasteiger partial charge in [0.05, 0.1) is 39.5 Å². The quantitative estimate of drug-likeness (QED) is 0.160. The van der Waals surface area contributed by atoms with Gasteiger partial charge in [-0.1, -0.05) is 58.5 Å². The molecule has 2 heterocycles. The largest absolute Gasteiger partial charge is 0.449 e. The minimum Gasteiger partial charge on any atom is -0.449 e. The van der Waals surface area contributed by atoms with Crippen LogP contribution in [0.4, 0.5) is 4.79 Å². The molecule has 0 bridgehead atoms. The third kappa shape index (κ3) is 8.64. The lowest BCUT2D eigenvalue weighted by Crippen LogP contribution is -2.54. The van der Waals surface area contributed by atoms with Crippen LogP contribution in [0.1, 0.15) is 49.7 Å². The van der Waals surface area contributed by atoms with Gasteiger partial charge < -0.3 is 25.4 Å². The molecule has 0 aromatic heterocycles. The van der Waals surface area contributed by atoms with E-state index in [1.165, 1.54) is 0 Å². The molecule has 0 saturated carbocycles. The average molecular weight is 646 g/mol. The van der Waals surface area contributed by atoms with Crippen LogP contribution < -0.4 is 21.3 Å². The molecule has 2 aromatic carbocycles. The van der Waals surface area contributed by atoms with Crippen molar-refractivity contribution in [2.75, 3.05) is 53.0 Å². The Bertz CT molecular complexity index is 1160. The van der Waals surface area contributed by atoms with Crippen LogP contribution >= 0.6 is 46.4 Å². The number of hydrogen-bond acceptors (Lipinski definition) is 6. The second kappa shape index (κ2) is 15.4. The molecule has 2 aromatic rings. The van der Waals surface area contributed by atoms with E-state index in [0.717, 1.165) is 63.0 Å². The predicted octanol–water partition coefficient (Wildman–Crippen LogP) is 6.31. The monoisotopic (exact) mass is 644 g/mol. The third-order valence-electron chi connectivity index (χ3n) is 8.41. The van der Waals surface area contributed by atoms with Crippen molar-refractivity contribution in [2.45, 2.75) is 55.5 Å². The number of piperidine rings is 2. The van der Waals surface area contributed by atoms with E-state index in [4.69, 9.17) is 55.9 Å². The SMILES string of the molecule is COCCNC(CC1(c2ccc(Cl)c(Cl)c2)CCCNC1)NC(=O)OCCC1(c2ccc(Cl)c(Cl)c2)CCCNC1. The highest BCUT2D eigenvalue weighted by Crippen LogP contribution is 2.39. The summed E-state index contributed by atoms with van der Waals surface area (Å²) in [4.78, 5) is 13.1. The van der Waals surface area contributed by atoms with Crippen molar-refractivity contribution in [3.05, 3.63) is 67.6 Å². The number of hydrogen-bond donors (Lipinski definition) is 4. The van der Waals surface area contributed by atoms with Gasteiger partial charge in [0.25, 0.3) is 0 Å². The topological polar surface area (TPSA) is 83.7 Å². The maximum Gasteiger partial charge on any atom is 0.408 e. The third-order valence-corrected chi connectivity index (χ3v) is 9.88. The van der Waals surface area contributed by atoms with E-state index < -0.39 is 6.09 Å². The molecule has 4 rings (SSSR count). The highest BCUT2D eigenvalue weighted by atomic mass is 35.5. The molecule has 3 atom stereocenters. The molecule has 4 N–H and O–H groups in total. The summed E-state index contributed by atoms with van der Waals surface area (Å²) < 4.78 is 11.0. The van der Waals surface area contributed by atoms with E-state index in [2.05, 4.69) is 21.3 Å². The molecule has 2 saturated heterocycles. The van der Waals surface area contributed by atoms with E-state index in [1.54, 1.807) is 7.11 Å². The van der Waals surface area contributed by atoms with Crippen LogP contribution in [-0.2, 0) is 20.3 Å². The van der Waals surface area contributed by atoms with Crippen molar-refractivity contribution in [3.63, 3.8) is 0 Å². The minimum absolute atomic E-state index is 0.186. The summed E-state index contributed by atoms with van der Waals surface area (Å²) in [5.74, 6) is 0. The van der Waals surface area contributed by atoms with Gasteiger partial charge in [-0.05, 0) is 87.0 Å². The second-order valence-corrected chi connectivity index (χ2v) is 12.7. The first-order valence-corrected chi connectivity index (χ1v) is 15.8. The molecule has 41 heavy (non-hydrogen) atoms. The molecule has 0 radical (unpaired) electrons.